The van der Waals surface area contributed by atoms with E-state index in [1.807, 2.05) is 0 Å². The number of hydrogen-bond donors (Lipinski definition) is 1. The molecule has 0 aromatic rings. The average molecular weight is 139 g/mol. The van der Waals surface area contributed by atoms with Gasteiger partial charge in [0, 0.05) is 19.6 Å². The summed E-state index contributed by atoms with van der Waals surface area (Å²) < 4.78 is 0. The summed E-state index contributed by atoms with van der Waals surface area (Å²) in [6, 6.07) is 0. The summed E-state index contributed by atoms with van der Waals surface area (Å²) in [7, 11) is 0. The number of nitrogens with zero attached hydrogens (tertiary/aromatic N) is 2. The molecule has 1 fully saturated rings. The van der Waals surface area contributed by atoms with Gasteiger partial charge in [0.2, 0.25) is 0 Å². The van der Waals surface area contributed by atoms with Crippen LogP contribution in [0.3, 0.4) is 0 Å². The Hall–Kier alpha value is -0.700. The lowest BCUT2D eigenvalue weighted by Gasteiger charge is -2.34. The first-order chi connectivity index (χ1) is 4.88. The van der Waals surface area contributed by atoms with Crippen LogP contribution in [0.15, 0.2) is 11.9 Å². The molecule has 2 rings (SSSR count). The first-order valence-corrected chi connectivity index (χ1v) is 3.86. The average Bonchev–Trinajstić information content (AvgIpc) is 2.34. The maximum atomic E-state index is 5.73. The molecule has 2 aliphatic heterocycles. The molecule has 0 unspecified atom stereocenters. The van der Waals surface area contributed by atoms with Crippen molar-refractivity contribution >= 4 is 0 Å². The predicted octanol–water partition coefficient (Wildman–Crippen LogP) is 0.113. The summed E-state index contributed by atoms with van der Waals surface area (Å²) in [5, 5.41) is 4.49. The van der Waals surface area contributed by atoms with E-state index in [9.17, 15) is 0 Å². The fraction of sp³-hybridized carbons (Fsp3) is 0.714. The largest absolute Gasteiger partial charge is 0.385 e. The first kappa shape index (κ1) is 6.04. The second kappa shape index (κ2) is 2.16. The molecule has 0 spiro atoms. The molecule has 0 amide bonds. The molecule has 2 aliphatic rings. The van der Waals surface area contributed by atoms with Crippen LogP contribution in [0.1, 0.15) is 12.8 Å². The zero-order valence-corrected chi connectivity index (χ0v) is 6.08. The van der Waals surface area contributed by atoms with Crippen molar-refractivity contribution in [2.75, 3.05) is 19.6 Å². The number of hydrazine groups is 1. The minimum atomic E-state index is 0.944. The Bertz CT molecular complexity index is 164. The predicted molar refractivity (Wildman–Crippen MR) is 39.8 cm³/mol. The molecule has 0 aromatic carbocycles. The van der Waals surface area contributed by atoms with E-state index in [0.29, 0.717) is 0 Å². The minimum Gasteiger partial charge on any atom is -0.385 e. The van der Waals surface area contributed by atoms with Gasteiger partial charge in [0.1, 0.15) is 5.82 Å². The van der Waals surface area contributed by atoms with Gasteiger partial charge in [0.15, 0.2) is 0 Å². The maximum Gasteiger partial charge on any atom is 0.111 e. The summed E-state index contributed by atoms with van der Waals surface area (Å²) in [6.45, 7) is 3.31. The normalized spacial score (nSPS) is 26.4. The molecule has 0 bridgehead atoms. The van der Waals surface area contributed by atoms with E-state index in [2.05, 4.69) is 16.1 Å². The highest BCUT2D eigenvalue weighted by Crippen LogP contribution is 2.18. The Morgan fingerprint density at radius 1 is 1.30 bits per heavy atom. The van der Waals surface area contributed by atoms with Crippen LogP contribution in [0, 0.1) is 0 Å². The van der Waals surface area contributed by atoms with Crippen molar-refractivity contribution in [2.24, 2.45) is 5.73 Å². The lowest BCUT2D eigenvalue weighted by molar-refractivity contribution is 0.00937. The highest BCUT2D eigenvalue weighted by molar-refractivity contribution is 5.03. The van der Waals surface area contributed by atoms with E-state index < -0.39 is 0 Å². The van der Waals surface area contributed by atoms with Crippen LogP contribution in [-0.4, -0.2) is 29.7 Å². The van der Waals surface area contributed by atoms with E-state index >= 15 is 0 Å². The SMILES string of the molecule is NC1=CCN2CCCCN12. The lowest BCUT2D eigenvalue weighted by atomic mass is 10.2. The molecular weight excluding hydrogens is 126 g/mol. The van der Waals surface area contributed by atoms with Crippen molar-refractivity contribution in [2.45, 2.75) is 12.8 Å². The summed E-state index contributed by atoms with van der Waals surface area (Å²) in [5.74, 6) is 0.944. The smallest absolute Gasteiger partial charge is 0.111 e. The molecule has 0 atom stereocenters. The molecule has 0 saturated carbocycles. The van der Waals surface area contributed by atoms with E-state index in [0.717, 1.165) is 18.9 Å². The quantitative estimate of drug-likeness (QED) is 0.517. The molecule has 10 heavy (non-hydrogen) atoms. The summed E-state index contributed by atoms with van der Waals surface area (Å²) in [5.41, 5.74) is 5.73. The van der Waals surface area contributed by atoms with Crippen LogP contribution >= 0.6 is 0 Å². The Morgan fingerprint density at radius 3 is 2.90 bits per heavy atom. The zero-order chi connectivity index (χ0) is 6.97. The Morgan fingerprint density at radius 2 is 2.10 bits per heavy atom. The summed E-state index contributed by atoms with van der Waals surface area (Å²) in [4.78, 5) is 0. The molecule has 3 nitrogen and oxygen atoms in total. The molecular formula is C7H13N3. The van der Waals surface area contributed by atoms with Gasteiger partial charge in [-0.05, 0) is 18.9 Å². The first-order valence-electron chi connectivity index (χ1n) is 3.86. The van der Waals surface area contributed by atoms with E-state index in [4.69, 9.17) is 5.73 Å². The summed E-state index contributed by atoms with van der Waals surface area (Å²) in [6.07, 6.45) is 4.69. The Kier molecular flexibility index (Phi) is 1.31. The Labute approximate surface area is 61.1 Å². The van der Waals surface area contributed by atoms with Crippen LogP contribution in [0.25, 0.3) is 0 Å². The fourth-order valence-electron chi connectivity index (χ4n) is 1.60. The van der Waals surface area contributed by atoms with E-state index in [-0.39, 0.29) is 0 Å². The molecule has 3 heteroatoms. The van der Waals surface area contributed by atoms with Crippen molar-refractivity contribution in [3.63, 3.8) is 0 Å². The molecule has 2 heterocycles. The number of rotatable bonds is 0. The third-order valence-electron chi connectivity index (χ3n) is 2.19. The number of fused-ring (bicyclic) bond motifs is 1. The standard InChI is InChI=1S/C7H13N3/c8-7-3-6-9-4-1-2-5-10(7)9/h3H,1-2,4-6,8H2. The van der Waals surface area contributed by atoms with Gasteiger partial charge in [-0.3, -0.25) is 5.01 Å². The molecule has 0 aromatic heterocycles. The van der Waals surface area contributed by atoms with Gasteiger partial charge in [-0.25, -0.2) is 5.01 Å². The van der Waals surface area contributed by atoms with Gasteiger partial charge < -0.3 is 5.73 Å². The molecule has 0 radical (unpaired) electrons. The van der Waals surface area contributed by atoms with Crippen molar-refractivity contribution in [3.8, 4) is 0 Å². The molecule has 1 saturated heterocycles. The number of hydrogen-bond acceptors (Lipinski definition) is 3. The molecule has 56 valence electrons. The third-order valence-corrected chi connectivity index (χ3v) is 2.19. The highest BCUT2D eigenvalue weighted by Gasteiger charge is 2.23. The highest BCUT2D eigenvalue weighted by atomic mass is 15.7. The van der Waals surface area contributed by atoms with Crippen molar-refractivity contribution < 1.29 is 0 Å². The maximum absolute atomic E-state index is 5.73. The Balaban J connectivity index is 2.08. The van der Waals surface area contributed by atoms with Gasteiger partial charge in [0.05, 0.1) is 0 Å². The number of nitrogens with two attached hydrogens (primary N) is 1. The minimum absolute atomic E-state index is 0.944. The van der Waals surface area contributed by atoms with Crippen molar-refractivity contribution in [3.05, 3.63) is 11.9 Å². The van der Waals surface area contributed by atoms with Gasteiger partial charge in [-0.2, -0.15) is 0 Å². The van der Waals surface area contributed by atoms with Gasteiger partial charge in [-0.15, -0.1) is 0 Å². The van der Waals surface area contributed by atoms with Crippen LogP contribution in [0.2, 0.25) is 0 Å². The monoisotopic (exact) mass is 139 g/mol. The van der Waals surface area contributed by atoms with Gasteiger partial charge in [0.25, 0.3) is 0 Å². The molecule has 2 N–H and O–H groups in total. The van der Waals surface area contributed by atoms with Crippen molar-refractivity contribution in [1.82, 2.24) is 10.0 Å². The second-order valence-corrected chi connectivity index (χ2v) is 2.87. The lowest BCUT2D eigenvalue weighted by Crippen LogP contribution is -2.43. The van der Waals surface area contributed by atoms with E-state index in [1.54, 1.807) is 0 Å². The fourth-order valence-corrected chi connectivity index (χ4v) is 1.60. The van der Waals surface area contributed by atoms with Crippen LogP contribution in [0.5, 0.6) is 0 Å². The second-order valence-electron chi connectivity index (χ2n) is 2.87. The van der Waals surface area contributed by atoms with Crippen LogP contribution in [0.4, 0.5) is 0 Å². The third kappa shape index (κ3) is 0.778. The molecule has 0 aliphatic carbocycles. The van der Waals surface area contributed by atoms with Gasteiger partial charge >= 0.3 is 0 Å². The van der Waals surface area contributed by atoms with E-state index in [1.165, 1.54) is 19.4 Å². The van der Waals surface area contributed by atoms with Gasteiger partial charge in [-0.1, -0.05) is 0 Å². The zero-order valence-electron chi connectivity index (χ0n) is 6.08. The summed E-state index contributed by atoms with van der Waals surface area (Å²) >= 11 is 0. The van der Waals surface area contributed by atoms with Crippen molar-refractivity contribution in [1.29, 1.82) is 0 Å². The topological polar surface area (TPSA) is 32.5 Å². The van der Waals surface area contributed by atoms with Crippen LogP contribution < -0.4 is 5.73 Å². The van der Waals surface area contributed by atoms with Crippen LogP contribution in [-0.2, 0) is 0 Å².